The Balaban J connectivity index is 2.40. The van der Waals surface area contributed by atoms with Gasteiger partial charge < -0.3 is 5.11 Å². The van der Waals surface area contributed by atoms with E-state index in [1.807, 2.05) is 6.92 Å². The minimum Gasteiger partial charge on any atom is -0.508 e. The topological polar surface area (TPSA) is 61.7 Å². The van der Waals surface area contributed by atoms with Crippen LogP contribution in [0.3, 0.4) is 0 Å². The maximum atomic E-state index is 11.2. The van der Waals surface area contributed by atoms with Gasteiger partial charge in [-0.25, -0.2) is 5.43 Å². The lowest BCUT2D eigenvalue weighted by atomic mass is 10.2. The maximum Gasteiger partial charge on any atom is 0.240 e. The standard InChI is InChI=1S/C12H16N2O2/c1-2-3-7-12(16)14-13-9-10-5-4-6-11(15)8-10/h4-6,8-9,15H,2-3,7H2,1H3,(H,14,16)/b13-9+. The van der Waals surface area contributed by atoms with E-state index in [0.29, 0.717) is 6.42 Å². The summed E-state index contributed by atoms with van der Waals surface area (Å²) in [6.45, 7) is 2.03. The van der Waals surface area contributed by atoms with Gasteiger partial charge in [0.25, 0.3) is 0 Å². The predicted molar refractivity (Wildman–Crippen MR) is 63.4 cm³/mol. The summed E-state index contributed by atoms with van der Waals surface area (Å²) in [6, 6.07) is 6.66. The molecule has 0 heterocycles. The second-order valence-electron chi connectivity index (χ2n) is 3.49. The van der Waals surface area contributed by atoms with Gasteiger partial charge in [0.1, 0.15) is 5.75 Å². The number of nitrogens with zero attached hydrogens (tertiary/aromatic N) is 1. The summed E-state index contributed by atoms with van der Waals surface area (Å²) in [5.41, 5.74) is 3.18. The Labute approximate surface area is 95.0 Å². The first-order valence-electron chi connectivity index (χ1n) is 5.33. The van der Waals surface area contributed by atoms with E-state index in [4.69, 9.17) is 0 Å². The lowest BCUT2D eigenvalue weighted by Gasteiger charge is -1.98. The quantitative estimate of drug-likeness (QED) is 0.589. The molecule has 86 valence electrons. The summed E-state index contributed by atoms with van der Waals surface area (Å²) in [5.74, 6) is 0.0968. The first-order chi connectivity index (χ1) is 7.72. The molecule has 0 atom stereocenters. The number of rotatable bonds is 5. The van der Waals surface area contributed by atoms with E-state index in [1.165, 1.54) is 6.21 Å². The van der Waals surface area contributed by atoms with Gasteiger partial charge in [0.15, 0.2) is 0 Å². The molecule has 0 aliphatic carbocycles. The SMILES string of the molecule is CCCCC(=O)N/N=C/c1cccc(O)c1. The second-order valence-corrected chi connectivity index (χ2v) is 3.49. The van der Waals surface area contributed by atoms with E-state index in [0.717, 1.165) is 18.4 Å². The van der Waals surface area contributed by atoms with Gasteiger partial charge in [-0.3, -0.25) is 4.79 Å². The number of hydrogen-bond acceptors (Lipinski definition) is 3. The van der Waals surface area contributed by atoms with Gasteiger partial charge >= 0.3 is 0 Å². The fraction of sp³-hybridized carbons (Fsp3) is 0.333. The highest BCUT2D eigenvalue weighted by Crippen LogP contribution is 2.08. The monoisotopic (exact) mass is 220 g/mol. The number of hydrazone groups is 1. The molecule has 0 aliphatic heterocycles. The molecule has 0 fully saturated rings. The molecule has 0 spiro atoms. The highest BCUT2D eigenvalue weighted by atomic mass is 16.3. The average Bonchev–Trinajstić information content (AvgIpc) is 2.26. The van der Waals surface area contributed by atoms with Crippen molar-refractivity contribution >= 4 is 12.1 Å². The highest BCUT2D eigenvalue weighted by molar-refractivity contribution is 5.82. The Morgan fingerprint density at radius 1 is 1.56 bits per heavy atom. The molecular formula is C12H16N2O2. The lowest BCUT2D eigenvalue weighted by Crippen LogP contribution is -2.16. The van der Waals surface area contributed by atoms with Crippen molar-refractivity contribution in [2.24, 2.45) is 5.10 Å². The number of benzene rings is 1. The van der Waals surface area contributed by atoms with Crippen LogP contribution >= 0.6 is 0 Å². The molecule has 0 bridgehead atoms. The Kier molecular flexibility index (Phi) is 5.05. The van der Waals surface area contributed by atoms with Crippen molar-refractivity contribution < 1.29 is 9.90 Å². The molecule has 4 heteroatoms. The Hall–Kier alpha value is -1.84. The number of unbranched alkanes of at least 4 members (excludes halogenated alkanes) is 1. The highest BCUT2D eigenvalue weighted by Gasteiger charge is 1.96. The molecule has 0 saturated carbocycles. The molecule has 0 saturated heterocycles. The van der Waals surface area contributed by atoms with Crippen LogP contribution in [-0.2, 0) is 4.79 Å². The molecular weight excluding hydrogens is 204 g/mol. The molecule has 0 radical (unpaired) electrons. The minimum absolute atomic E-state index is 0.0850. The average molecular weight is 220 g/mol. The minimum atomic E-state index is -0.0850. The van der Waals surface area contributed by atoms with Gasteiger partial charge in [0, 0.05) is 6.42 Å². The number of phenolic OH excluding ortho intramolecular Hbond substituents is 1. The molecule has 0 aromatic heterocycles. The fourth-order valence-corrected chi connectivity index (χ4v) is 1.18. The number of carbonyl (C=O) groups is 1. The molecule has 1 amide bonds. The van der Waals surface area contributed by atoms with E-state index in [9.17, 15) is 9.90 Å². The van der Waals surface area contributed by atoms with Crippen molar-refractivity contribution in [1.29, 1.82) is 0 Å². The summed E-state index contributed by atoms with van der Waals surface area (Å²) in [6.07, 6.45) is 3.86. The number of aromatic hydroxyl groups is 1. The molecule has 1 rings (SSSR count). The molecule has 0 unspecified atom stereocenters. The van der Waals surface area contributed by atoms with Gasteiger partial charge in [-0.15, -0.1) is 0 Å². The zero-order valence-corrected chi connectivity index (χ0v) is 9.31. The van der Waals surface area contributed by atoms with Crippen molar-refractivity contribution in [2.75, 3.05) is 0 Å². The van der Waals surface area contributed by atoms with Crippen molar-refractivity contribution in [2.45, 2.75) is 26.2 Å². The van der Waals surface area contributed by atoms with E-state index in [1.54, 1.807) is 24.3 Å². The van der Waals surface area contributed by atoms with Crippen molar-refractivity contribution in [3.63, 3.8) is 0 Å². The van der Waals surface area contributed by atoms with Crippen LogP contribution in [0.25, 0.3) is 0 Å². The van der Waals surface area contributed by atoms with Gasteiger partial charge in [-0.1, -0.05) is 25.5 Å². The Morgan fingerprint density at radius 3 is 3.06 bits per heavy atom. The second kappa shape index (κ2) is 6.61. The predicted octanol–water partition coefficient (Wildman–Crippen LogP) is 2.03. The molecule has 2 N–H and O–H groups in total. The zero-order valence-electron chi connectivity index (χ0n) is 9.31. The van der Waals surface area contributed by atoms with E-state index in [-0.39, 0.29) is 11.7 Å². The number of nitrogens with one attached hydrogen (secondary N) is 1. The van der Waals surface area contributed by atoms with Crippen LogP contribution in [0.1, 0.15) is 31.7 Å². The largest absolute Gasteiger partial charge is 0.508 e. The van der Waals surface area contributed by atoms with Crippen LogP contribution in [0.2, 0.25) is 0 Å². The summed E-state index contributed by atoms with van der Waals surface area (Å²) in [4.78, 5) is 11.2. The number of phenols is 1. The number of amides is 1. The Morgan fingerprint density at radius 2 is 2.38 bits per heavy atom. The van der Waals surface area contributed by atoms with Crippen molar-refractivity contribution in [3.8, 4) is 5.75 Å². The summed E-state index contributed by atoms with van der Waals surface area (Å²) in [5, 5.41) is 13.0. The van der Waals surface area contributed by atoms with Gasteiger partial charge in [-0.05, 0) is 24.1 Å². The van der Waals surface area contributed by atoms with E-state index >= 15 is 0 Å². The molecule has 0 aliphatic rings. The van der Waals surface area contributed by atoms with Crippen LogP contribution in [-0.4, -0.2) is 17.2 Å². The number of carbonyl (C=O) groups excluding carboxylic acids is 1. The smallest absolute Gasteiger partial charge is 0.240 e. The van der Waals surface area contributed by atoms with Gasteiger partial charge in [0.2, 0.25) is 5.91 Å². The van der Waals surface area contributed by atoms with Crippen LogP contribution in [0, 0.1) is 0 Å². The van der Waals surface area contributed by atoms with Crippen LogP contribution < -0.4 is 5.43 Å². The third-order valence-electron chi connectivity index (χ3n) is 2.03. The van der Waals surface area contributed by atoms with Gasteiger partial charge in [0.05, 0.1) is 6.21 Å². The Bertz CT molecular complexity index is 375. The van der Waals surface area contributed by atoms with Crippen LogP contribution in [0.5, 0.6) is 5.75 Å². The fourth-order valence-electron chi connectivity index (χ4n) is 1.18. The van der Waals surface area contributed by atoms with Crippen molar-refractivity contribution in [3.05, 3.63) is 29.8 Å². The molecule has 4 nitrogen and oxygen atoms in total. The first-order valence-corrected chi connectivity index (χ1v) is 5.33. The lowest BCUT2D eigenvalue weighted by molar-refractivity contribution is -0.121. The normalized spacial score (nSPS) is 10.6. The zero-order chi connectivity index (χ0) is 11.8. The third-order valence-corrected chi connectivity index (χ3v) is 2.03. The van der Waals surface area contributed by atoms with Gasteiger partial charge in [-0.2, -0.15) is 5.10 Å². The summed E-state index contributed by atoms with van der Waals surface area (Å²) in [7, 11) is 0. The van der Waals surface area contributed by atoms with Crippen LogP contribution in [0.15, 0.2) is 29.4 Å². The molecule has 1 aromatic rings. The summed E-state index contributed by atoms with van der Waals surface area (Å²) >= 11 is 0. The third kappa shape index (κ3) is 4.59. The molecule has 1 aromatic carbocycles. The van der Waals surface area contributed by atoms with Crippen molar-refractivity contribution in [1.82, 2.24) is 5.43 Å². The molecule has 16 heavy (non-hydrogen) atoms. The summed E-state index contributed by atoms with van der Waals surface area (Å²) < 4.78 is 0. The maximum absolute atomic E-state index is 11.2. The van der Waals surface area contributed by atoms with Crippen LogP contribution in [0.4, 0.5) is 0 Å². The number of hydrogen-bond donors (Lipinski definition) is 2. The van der Waals surface area contributed by atoms with E-state index < -0.39 is 0 Å². The van der Waals surface area contributed by atoms with E-state index in [2.05, 4.69) is 10.5 Å². The first kappa shape index (κ1) is 12.2.